The molecule has 0 radical (unpaired) electrons. The molecule has 7 heteroatoms. The topological polar surface area (TPSA) is 49.3 Å². The lowest BCUT2D eigenvalue weighted by Gasteiger charge is -1.83. The molecule has 0 aliphatic carbocycles. The minimum Gasteiger partial charge on any atom is -0.483 e. The van der Waals surface area contributed by atoms with E-state index in [4.69, 9.17) is 9.90 Å². The Balaban J connectivity index is -0.000000105. The van der Waals surface area contributed by atoms with Crippen LogP contribution >= 0.6 is 46.4 Å². The zero-order chi connectivity index (χ0) is 10.4. The second kappa shape index (κ2) is 22.5. The van der Waals surface area contributed by atoms with Crippen molar-refractivity contribution in [1.82, 2.24) is 5.32 Å². The minimum atomic E-state index is -0.250. The van der Waals surface area contributed by atoms with Gasteiger partial charge >= 0.3 is 0 Å². The van der Waals surface area contributed by atoms with Crippen LogP contribution in [0.1, 0.15) is 0 Å². The van der Waals surface area contributed by atoms with Gasteiger partial charge in [-0.1, -0.05) is 33.8 Å². The van der Waals surface area contributed by atoms with E-state index in [9.17, 15) is 0 Å². The average molecular weight is 247 g/mol. The summed E-state index contributed by atoms with van der Waals surface area (Å²) < 4.78 is 0.532. The summed E-state index contributed by atoms with van der Waals surface area (Å²) in [7, 11) is 5.28. The van der Waals surface area contributed by atoms with E-state index in [1.165, 1.54) is 0 Å². The van der Waals surface area contributed by atoms with E-state index in [0.29, 0.717) is 4.32 Å². The molecule has 0 aromatic heterocycles. The first kappa shape index (κ1) is 18.2. The zero-order valence-electron chi connectivity index (χ0n) is 7.10. The van der Waals surface area contributed by atoms with Gasteiger partial charge < -0.3 is 10.4 Å². The van der Waals surface area contributed by atoms with Gasteiger partial charge in [0.05, 0.1) is 0 Å². The predicted octanol–water partition coefficient (Wildman–Crippen LogP) is 1.75. The fourth-order valence-electron chi connectivity index (χ4n) is 0. The van der Waals surface area contributed by atoms with Crippen molar-refractivity contribution in [2.45, 2.75) is 0 Å². The Kier molecular flexibility index (Phi) is 34.2. The minimum absolute atomic E-state index is 0.250. The monoisotopic (exact) mass is 247 g/mol. The molecule has 0 rings (SSSR count). The number of rotatable bonds is 1. The van der Waals surface area contributed by atoms with E-state index < -0.39 is 0 Å². The highest BCUT2D eigenvalue weighted by molar-refractivity contribution is 8.76. The largest absolute Gasteiger partial charge is 0.483 e. The average Bonchev–Trinajstić information content (AvgIpc) is 2.06. The standard InChI is InChI=1S/C2H5NS2.C2H6S2.CH2O2/c1-3-2(4)5;1-3-4-2;2-1-3/h1H3,(H2,3,4,5);1-2H3;1H,(H,2,3). The van der Waals surface area contributed by atoms with E-state index >= 15 is 0 Å². The molecule has 0 saturated heterocycles. The van der Waals surface area contributed by atoms with Crippen LogP contribution in [-0.4, -0.2) is 35.5 Å². The van der Waals surface area contributed by atoms with E-state index in [1.54, 1.807) is 28.6 Å². The number of nitrogens with one attached hydrogen (secondary N) is 1. The van der Waals surface area contributed by atoms with Crippen molar-refractivity contribution in [2.24, 2.45) is 0 Å². The third kappa shape index (κ3) is 79.3. The molecular weight excluding hydrogens is 234 g/mol. The SMILES string of the molecule is CNC(=S)S.CSSC.O=CO. The van der Waals surface area contributed by atoms with Gasteiger partial charge in [0, 0.05) is 7.05 Å². The maximum absolute atomic E-state index is 8.36. The van der Waals surface area contributed by atoms with Gasteiger partial charge in [-0.3, -0.25) is 4.79 Å². The lowest BCUT2D eigenvalue weighted by atomic mass is 11.2. The van der Waals surface area contributed by atoms with Crippen LogP contribution in [0.5, 0.6) is 0 Å². The Morgan fingerprint density at radius 2 is 1.75 bits per heavy atom. The van der Waals surface area contributed by atoms with Crippen molar-refractivity contribution >= 4 is 57.2 Å². The van der Waals surface area contributed by atoms with E-state index in [1.807, 2.05) is 0 Å². The van der Waals surface area contributed by atoms with Crippen molar-refractivity contribution in [3.63, 3.8) is 0 Å². The summed E-state index contributed by atoms with van der Waals surface area (Å²) in [4.78, 5) is 8.36. The van der Waals surface area contributed by atoms with Gasteiger partial charge in [-0.2, -0.15) is 0 Å². The summed E-state index contributed by atoms with van der Waals surface area (Å²) in [5.74, 6) is 0. The first-order valence-corrected chi connectivity index (χ1v) is 6.48. The molecule has 0 aromatic carbocycles. The highest BCUT2D eigenvalue weighted by Crippen LogP contribution is 2.09. The molecule has 12 heavy (non-hydrogen) atoms. The van der Waals surface area contributed by atoms with E-state index in [-0.39, 0.29) is 6.47 Å². The summed E-state index contributed by atoms with van der Waals surface area (Å²) >= 11 is 8.17. The van der Waals surface area contributed by atoms with Crippen LogP contribution < -0.4 is 5.32 Å². The molecule has 0 aliphatic heterocycles. The number of thiol groups is 1. The molecular formula is C5H13NO2S4. The second-order valence-electron chi connectivity index (χ2n) is 0.994. The summed E-state index contributed by atoms with van der Waals surface area (Å²) in [5, 5.41) is 9.51. The Labute approximate surface area is 91.9 Å². The molecule has 0 heterocycles. The van der Waals surface area contributed by atoms with Crippen LogP contribution in [0.2, 0.25) is 0 Å². The van der Waals surface area contributed by atoms with Gasteiger partial charge in [0.15, 0.2) is 0 Å². The molecule has 74 valence electrons. The normalized spacial score (nSPS) is 6.33. The maximum atomic E-state index is 8.36. The molecule has 0 amide bonds. The molecule has 0 atom stereocenters. The molecule has 0 aliphatic rings. The molecule has 0 spiro atoms. The first-order chi connectivity index (χ1) is 5.60. The van der Waals surface area contributed by atoms with Gasteiger partial charge in [-0.15, -0.1) is 12.6 Å². The highest BCUT2D eigenvalue weighted by atomic mass is 33.1. The van der Waals surface area contributed by atoms with Crippen LogP contribution in [-0.2, 0) is 4.79 Å². The summed E-state index contributed by atoms with van der Waals surface area (Å²) in [5.41, 5.74) is 0. The molecule has 0 fully saturated rings. The highest BCUT2D eigenvalue weighted by Gasteiger charge is 1.67. The van der Waals surface area contributed by atoms with Crippen molar-refractivity contribution < 1.29 is 9.90 Å². The zero-order valence-corrected chi connectivity index (χ0v) is 10.4. The van der Waals surface area contributed by atoms with Crippen molar-refractivity contribution in [3.05, 3.63) is 0 Å². The molecule has 0 unspecified atom stereocenters. The summed E-state index contributed by atoms with van der Waals surface area (Å²) in [6.45, 7) is -0.250. The van der Waals surface area contributed by atoms with Crippen molar-refractivity contribution in [2.75, 3.05) is 19.6 Å². The number of carboxylic acid groups (broad SMARTS) is 1. The van der Waals surface area contributed by atoms with E-state index in [0.717, 1.165) is 0 Å². The van der Waals surface area contributed by atoms with Crippen LogP contribution in [0.3, 0.4) is 0 Å². The van der Waals surface area contributed by atoms with Crippen molar-refractivity contribution in [1.29, 1.82) is 0 Å². The number of hydrogen-bond acceptors (Lipinski definition) is 4. The van der Waals surface area contributed by atoms with Gasteiger partial charge in [0.1, 0.15) is 4.32 Å². The first-order valence-electron chi connectivity index (χ1n) is 2.65. The lowest BCUT2D eigenvalue weighted by Crippen LogP contribution is -2.06. The third-order valence-electron chi connectivity index (χ3n) is 0.381. The Morgan fingerprint density at radius 1 is 1.58 bits per heavy atom. The molecule has 2 N–H and O–H groups in total. The lowest BCUT2D eigenvalue weighted by molar-refractivity contribution is -0.122. The summed E-state index contributed by atoms with van der Waals surface area (Å²) in [6, 6.07) is 0. The Hall–Kier alpha value is 0.410. The molecule has 0 saturated carbocycles. The second-order valence-corrected chi connectivity index (χ2v) is 4.82. The van der Waals surface area contributed by atoms with Gasteiger partial charge in [0.2, 0.25) is 0 Å². The molecule has 0 bridgehead atoms. The van der Waals surface area contributed by atoms with Crippen LogP contribution in [0, 0.1) is 0 Å². The fourth-order valence-corrected chi connectivity index (χ4v) is 0. The van der Waals surface area contributed by atoms with Gasteiger partial charge in [0.25, 0.3) is 6.47 Å². The Morgan fingerprint density at radius 3 is 1.75 bits per heavy atom. The predicted molar refractivity (Wildman–Crippen MR) is 66.4 cm³/mol. The van der Waals surface area contributed by atoms with Crippen LogP contribution in [0.4, 0.5) is 0 Å². The number of thiocarbonyl (C=S) groups is 1. The Bertz CT molecular complexity index is 99.4. The number of carbonyl (C=O) groups is 1. The number of hydrogen-bond donors (Lipinski definition) is 3. The van der Waals surface area contributed by atoms with Crippen LogP contribution in [0.25, 0.3) is 0 Å². The quantitative estimate of drug-likeness (QED) is 0.284. The maximum Gasteiger partial charge on any atom is 0.290 e. The summed E-state index contributed by atoms with van der Waals surface area (Å²) in [6.07, 6.45) is 4.12. The third-order valence-corrected chi connectivity index (χ3v) is 2.14. The molecule has 0 aromatic rings. The van der Waals surface area contributed by atoms with Crippen molar-refractivity contribution in [3.8, 4) is 0 Å². The fraction of sp³-hybridized carbons (Fsp3) is 0.600. The molecule has 3 nitrogen and oxygen atoms in total. The van der Waals surface area contributed by atoms with Gasteiger partial charge in [-0.25, -0.2) is 0 Å². The van der Waals surface area contributed by atoms with E-state index in [2.05, 4.69) is 42.7 Å². The smallest absolute Gasteiger partial charge is 0.290 e. The van der Waals surface area contributed by atoms with Gasteiger partial charge in [-0.05, 0) is 12.5 Å². The van der Waals surface area contributed by atoms with Crippen LogP contribution in [0.15, 0.2) is 0 Å².